The van der Waals surface area contributed by atoms with Gasteiger partial charge in [-0.05, 0) is 50.5 Å². The largest absolute Gasteiger partial charge is 0.495 e. The molecule has 0 aliphatic carbocycles. The molecule has 1 amide bonds. The first-order chi connectivity index (χ1) is 12.3. The Morgan fingerprint density at radius 3 is 2.42 bits per heavy atom. The van der Waals surface area contributed by atoms with E-state index in [0.717, 1.165) is 38.8 Å². The molecule has 26 heavy (non-hydrogen) atoms. The maximum absolute atomic E-state index is 12.5. The van der Waals surface area contributed by atoms with E-state index in [2.05, 4.69) is 4.72 Å². The Morgan fingerprint density at radius 1 is 1.19 bits per heavy atom. The molecule has 7 heteroatoms. The van der Waals surface area contributed by atoms with Crippen molar-refractivity contribution < 1.29 is 17.9 Å². The van der Waals surface area contributed by atoms with Crippen LogP contribution in [0, 0.1) is 0 Å². The smallest absolute Gasteiger partial charge is 0.246 e. The van der Waals surface area contributed by atoms with Gasteiger partial charge < -0.3 is 9.64 Å². The molecular formula is C19H28N2O4S. The molecule has 0 radical (unpaired) electrons. The Hall–Kier alpha value is -1.86. The van der Waals surface area contributed by atoms with Crippen LogP contribution in [0.25, 0.3) is 6.08 Å². The number of sulfonamides is 1. The molecule has 1 aromatic carbocycles. The van der Waals surface area contributed by atoms with E-state index in [-0.39, 0.29) is 22.6 Å². The van der Waals surface area contributed by atoms with Gasteiger partial charge in [-0.25, -0.2) is 13.1 Å². The van der Waals surface area contributed by atoms with Crippen molar-refractivity contribution in [3.05, 3.63) is 29.8 Å². The average Bonchev–Trinajstić information content (AvgIpc) is 2.87. The fraction of sp³-hybridized carbons (Fsp3) is 0.526. The number of carbonyl (C=O) groups excluding carboxylic acids is 1. The number of hydrogen-bond acceptors (Lipinski definition) is 4. The van der Waals surface area contributed by atoms with E-state index in [4.69, 9.17) is 4.74 Å². The van der Waals surface area contributed by atoms with Crippen molar-refractivity contribution in [2.24, 2.45) is 0 Å². The highest BCUT2D eigenvalue weighted by Crippen LogP contribution is 2.25. The fourth-order valence-corrected chi connectivity index (χ4v) is 4.40. The second-order valence-corrected chi connectivity index (χ2v) is 8.44. The summed E-state index contributed by atoms with van der Waals surface area (Å²) in [4.78, 5) is 14.3. The van der Waals surface area contributed by atoms with Crippen LogP contribution in [0.15, 0.2) is 29.2 Å². The van der Waals surface area contributed by atoms with Gasteiger partial charge in [-0.2, -0.15) is 0 Å². The molecular weight excluding hydrogens is 352 g/mol. The third-order valence-corrected chi connectivity index (χ3v) is 5.88. The molecule has 1 heterocycles. The van der Waals surface area contributed by atoms with Crippen molar-refractivity contribution >= 4 is 22.0 Å². The maximum Gasteiger partial charge on any atom is 0.246 e. The lowest BCUT2D eigenvalue weighted by Crippen LogP contribution is -2.30. The molecule has 0 bridgehead atoms. The molecule has 1 aliphatic rings. The van der Waals surface area contributed by atoms with Gasteiger partial charge in [-0.15, -0.1) is 0 Å². The summed E-state index contributed by atoms with van der Waals surface area (Å²) in [5.41, 5.74) is 0.637. The van der Waals surface area contributed by atoms with E-state index in [1.807, 2.05) is 4.90 Å². The number of carbonyl (C=O) groups is 1. The summed E-state index contributed by atoms with van der Waals surface area (Å²) in [7, 11) is -2.26. The Balaban J connectivity index is 2.22. The zero-order chi connectivity index (χ0) is 19.2. The third kappa shape index (κ3) is 5.57. The predicted octanol–water partition coefficient (Wildman–Crippen LogP) is 2.80. The molecule has 0 saturated carbocycles. The summed E-state index contributed by atoms with van der Waals surface area (Å²) in [5, 5.41) is 0. The van der Waals surface area contributed by atoms with Gasteiger partial charge in [-0.3, -0.25) is 4.79 Å². The molecule has 0 aromatic heterocycles. The molecule has 0 spiro atoms. The molecule has 1 aliphatic heterocycles. The van der Waals surface area contributed by atoms with Crippen LogP contribution in [0.2, 0.25) is 0 Å². The van der Waals surface area contributed by atoms with Crippen LogP contribution < -0.4 is 9.46 Å². The van der Waals surface area contributed by atoms with Gasteiger partial charge >= 0.3 is 0 Å². The second-order valence-electron chi connectivity index (χ2n) is 6.76. The summed E-state index contributed by atoms with van der Waals surface area (Å²) >= 11 is 0. The zero-order valence-electron chi connectivity index (χ0n) is 15.7. The summed E-state index contributed by atoms with van der Waals surface area (Å²) in [5.74, 6) is 0.238. The Bertz CT molecular complexity index is 749. The van der Waals surface area contributed by atoms with Crippen molar-refractivity contribution in [1.29, 1.82) is 0 Å². The Labute approximate surface area is 156 Å². The van der Waals surface area contributed by atoms with E-state index >= 15 is 0 Å². The van der Waals surface area contributed by atoms with Gasteiger partial charge in [0, 0.05) is 25.2 Å². The monoisotopic (exact) mass is 380 g/mol. The van der Waals surface area contributed by atoms with E-state index < -0.39 is 10.0 Å². The van der Waals surface area contributed by atoms with Gasteiger partial charge in [0.05, 0.1) is 7.11 Å². The standard InChI is InChI=1S/C19H28N2O4S/c1-15(2)20-26(23,24)18-14-16(8-10-17(18)25-3)9-11-19(22)21-12-6-4-5-7-13-21/h8-11,14-15,20H,4-7,12-13H2,1-3H3/b11-9+. The zero-order valence-corrected chi connectivity index (χ0v) is 16.5. The molecule has 1 N–H and O–H groups in total. The Kier molecular flexibility index (Phi) is 7.23. The number of rotatable bonds is 6. The minimum absolute atomic E-state index is 0.0348. The lowest BCUT2D eigenvalue weighted by molar-refractivity contribution is -0.125. The highest BCUT2D eigenvalue weighted by atomic mass is 32.2. The molecule has 0 unspecified atom stereocenters. The van der Waals surface area contributed by atoms with Crippen LogP contribution in [0.1, 0.15) is 45.1 Å². The summed E-state index contributed by atoms with van der Waals surface area (Å²) in [6.07, 6.45) is 7.56. The van der Waals surface area contributed by atoms with Crippen molar-refractivity contribution in [3.63, 3.8) is 0 Å². The van der Waals surface area contributed by atoms with Crippen LogP contribution in [0.4, 0.5) is 0 Å². The second kappa shape index (κ2) is 9.19. The third-order valence-electron chi connectivity index (χ3n) is 4.20. The number of benzene rings is 1. The normalized spacial score (nSPS) is 16.1. The van der Waals surface area contributed by atoms with Crippen LogP contribution >= 0.6 is 0 Å². The fourth-order valence-electron chi connectivity index (χ4n) is 2.94. The highest BCUT2D eigenvalue weighted by Gasteiger charge is 2.21. The van der Waals surface area contributed by atoms with Crippen molar-refractivity contribution in [1.82, 2.24) is 9.62 Å². The SMILES string of the molecule is COc1ccc(/C=C/C(=O)N2CCCCCC2)cc1S(=O)(=O)NC(C)C. The lowest BCUT2D eigenvalue weighted by Gasteiger charge is -2.18. The molecule has 1 saturated heterocycles. The van der Waals surface area contributed by atoms with Crippen LogP contribution in [0.5, 0.6) is 5.75 Å². The van der Waals surface area contributed by atoms with Gasteiger partial charge in [0.1, 0.15) is 10.6 Å². The summed E-state index contributed by atoms with van der Waals surface area (Å²) in [6.45, 7) is 5.08. The van der Waals surface area contributed by atoms with Gasteiger partial charge in [0.2, 0.25) is 15.9 Å². The number of ether oxygens (including phenoxy) is 1. The van der Waals surface area contributed by atoms with Crippen LogP contribution in [0.3, 0.4) is 0 Å². The average molecular weight is 381 g/mol. The Morgan fingerprint density at radius 2 is 1.85 bits per heavy atom. The highest BCUT2D eigenvalue weighted by molar-refractivity contribution is 7.89. The quantitative estimate of drug-likeness (QED) is 0.770. The number of amides is 1. The number of likely N-dealkylation sites (tertiary alicyclic amines) is 1. The van der Waals surface area contributed by atoms with E-state index in [0.29, 0.717) is 5.56 Å². The topological polar surface area (TPSA) is 75.7 Å². The van der Waals surface area contributed by atoms with E-state index in [1.165, 1.54) is 19.3 Å². The summed E-state index contributed by atoms with van der Waals surface area (Å²) in [6, 6.07) is 4.63. The van der Waals surface area contributed by atoms with Crippen LogP contribution in [-0.4, -0.2) is 45.5 Å². The molecule has 6 nitrogen and oxygen atoms in total. The van der Waals surface area contributed by atoms with Crippen LogP contribution in [-0.2, 0) is 14.8 Å². The number of hydrogen-bond donors (Lipinski definition) is 1. The van der Waals surface area contributed by atoms with Gasteiger partial charge in [0.15, 0.2) is 0 Å². The minimum Gasteiger partial charge on any atom is -0.495 e. The predicted molar refractivity (Wildman–Crippen MR) is 103 cm³/mol. The van der Waals surface area contributed by atoms with Crippen molar-refractivity contribution in [2.75, 3.05) is 20.2 Å². The minimum atomic E-state index is -3.69. The van der Waals surface area contributed by atoms with E-state index in [9.17, 15) is 13.2 Å². The van der Waals surface area contributed by atoms with Crippen molar-refractivity contribution in [2.45, 2.75) is 50.5 Å². The molecule has 1 fully saturated rings. The number of methoxy groups -OCH3 is 1. The summed E-state index contributed by atoms with van der Waals surface area (Å²) < 4.78 is 32.8. The first-order valence-electron chi connectivity index (χ1n) is 9.01. The van der Waals surface area contributed by atoms with Gasteiger partial charge in [0.25, 0.3) is 0 Å². The molecule has 1 aromatic rings. The molecule has 144 valence electrons. The van der Waals surface area contributed by atoms with E-state index in [1.54, 1.807) is 32.1 Å². The first kappa shape index (κ1) is 20.5. The van der Waals surface area contributed by atoms with Gasteiger partial charge in [-0.1, -0.05) is 18.9 Å². The van der Waals surface area contributed by atoms with Crippen molar-refractivity contribution in [3.8, 4) is 5.75 Å². The molecule has 2 rings (SSSR count). The lowest BCUT2D eigenvalue weighted by atomic mass is 10.2. The number of nitrogens with one attached hydrogen (secondary N) is 1. The maximum atomic E-state index is 12.5. The molecule has 0 atom stereocenters. The first-order valence-corrected chi connectivity index (χ1v) is 10.5. The number of nitrogens with zero attached hydrogens (tertiary/aromatic N) is 1.